The van der Waals surface area contributed by atoms with Gasteiger partial charge in [0, 0.05) is 13.1 Å². The van der Waals surface area contributed by atoms with E-state index in [1.165, 1.54) is 4.31 Å². The second-order valence-electron chi connectivity index (χ2n) is 4.98. The number of aryl methyl sites for hydroxylation is 1. The van der Waals surface area contributed by atoms with Crippen LogP contribution in [0.5, 0.6) is 0 Å². The van der Waals surface area contributed by atoms with E-state index in [0.29, 0.717) is 12.8 Å². The number of aliphatic hydroxyl groups is 1. The van der Waals surface area contributed by atoms with E-state index in [9.17, 15) is 13.5 Å². The van der Waals surface area contributed by atoms with Gasteiger partial charge in [0.1, 0.15) is 0 Å². The minimum Gasteiger partial charge on any atom is -0.393 e. The molecule has 1 N–H and O–H groups in total. The van der Waals surface area contributed by atoms with Gasteiger partial charge in [0.05, 0.1) is 11.9 Å². The van der Waals surface area contributed by atoms with Gasteiger partial charge in [-0.1, -0.05) is 24.3 Å². The lowest BCUT2D eigenvalue weighted by atomic mass is 9.90. The van der Waals surface area contributed by atoms with E-state index in [0.717, 1.165) is 11.1 Å². The quantitative estimate of drug-likeness (QED) is 0.896. The van der Waals surface area contributed by atoms with Crippen LogP contribution in [0.1, 0.15) is 24.0 Å². The molecule has 1 aromatic rings. The minimum absolute atomic E-state index is 0.0305. The molecule has 0 unspecified atom stereocenters. The Labute approximate surface area is 108 Å². The monoisotopic (exact) mass is 269 g/mol. The van der Waals surface area contributed by atoms with E-state index in [2.05, 4.69) is 0 Å². The topological polar surface area (TPSA) is 57.6 Å². The van der Waals surface area contributed by atoms with Crippen molar-refractivity contribution < 1.29 is 13.5 Å². The largest absolute Gasteiger partial charge is 0.393 e. The van der Waals surface area contributed by atoms with Crippen LogP contribution in [0.15, 0.2) is 24.3 Å². The SMILES string of the molecule is Cc1ccccc1CS(=O)(=O)N(C)C1CC(O)C1. The summed E-state index contributed by atoms with van der Waals surface area (Å²) in [6.07, 6.45) is 0.749. The van der Waals surface area contributed by atoms with Crippen LogP contribution in [0.2, 0.25) is 0 Å². The number of aliphatic hydroxyl groups excluding tert-OH is 1. The molecule has 0 saturated heterocycles. The molecule has 0 aliphatic heterocycles. The van der Waals surface area contributed by atoms with Gasteiger partial charge in [-0.25, -0.2) is 12.7 Å². The Balaban J connectivity index is 2.10. The standard InChI is InChI=1S/C13H19NO3S/c1-10-5-3-4-6-11(10)9-18(16,17)14(2)12-7-13(15)8-12/h3-6,12-13,15H,7-9H2,1-2H3. The van der Waals surface area contributed by atoms with Crippen LogP contribution in [-0.4, -0.2) is 37.0 Å². The van der Waals surface area contributed by atoms with Crippen LogP contribution >= 0.6 is 0 Å². The van der Waals surface area contributed by atoms with Gasteiger partial charge in [0.2, 0.25) is 10.0 Å². The highest BCUT2D eigenvalue weighted by atomic mass is 32.2. The predicted molar refractivity (Wildman–Crippen MR) is 70.6 cm³/mol. The van der Waals surface area contributed by atoms with Gasteiger partial charge in [-0.2, -0.15) is 0 Å². The normalized spacial score (nSPS) is 24.0. The fraction of sp³-hybridized carbons (Fsp3) is 0.538. The number of nitrogens with zero attached hydrogens (tertiary/aromatic N) is 1. The van der Waals surface area contributed by atoms with Gasteiger partial charge in [-0.05, 0) is 30.9 Å². The lowest BCUT2D eigenvalue weighted by molar-refractivity contribution is 0.0395. The van der Waals surface area contributed by atoms with E-state index in [4.69, 9.17) is 0 Å². The first kappa shape index (κ1) is 13.5. The van der Waals surface area contributed by atoms with Crippen molar-refractivity contribution in [2.45, 2.75) is 37.7 Å². The maximum absolute atomic E-state index is 12.2. The molecule has 1 fully saturated rings. The Kier molecular flexibility index (Phi) is 3.75. The van der Waals surface area contributed by atoms with E-state index in [-0.39, 0.29) is 17.9 Å². The molecule has 1 saturated carbocycles. The van der Waals surface area contributed by atoms with Crippen molar-refractivity contribution in [3.05, 3.63) is 35.4 Å². The van der Waals surface area contributed by atoms with Crippen LogP contribution < -0.4 is 0 Å². The molecule has 0 heterocycles. The molecule has 2 rings (SSSR count). The maximum atomic E-state index is 12.2. The molecule has 0 radical (unpaired) electrons. The average Bonchev–Trinajstić information content (AvgIpc) is 2.27. The van der Waals surface area contributed by atoms with Crippen molar-refractivity contribution in [1.82, 2.24) is 4.31 Å². The highest BCUT2D eigenvalue weighted by Crippen LogP contribution is 2.27. The summed E-state index contributed by atoms with van der Waals surface area (Å²) in [4.78, 5) is 0. The van der Waals surface area contributed by atoms with E-state index in [1.54, 1.807) is 7.05 Å². The zero-order valence-corrected chi connectivity index (χ0v) is 11.5. The van der Waals surface area contributed by atoms with Crippen molar-refractivity contribution in [2.75, 3.05) is 7.05 Å². The Morgan fingerprint density at radius 2 is 1.94 bits per heavy atom. The van der Waals surface area contributed by atoms with Crippen molar-refractivity contribution in [1.29, 1.82) is 0 Å². The molecule has 0 bridgehead atoms. The number of sulfonamides is 1. The lowest BCUT2D eigenvalue weighted by Gasteiger charge is -2.37. The van der Waals surface area contributed by atoms with Crippen molar-refractivity contribution in [2.24, 2.45) is 0 Å². The zero-order chi connectivity index (χ0) is 13.3. The Hall–Kier alpha value is -0.910. The first-order chi connectivity index (χ1) is 8.40. The molecular weight excluding hydrogens is 250 g/mol. The van der Waals surface area contributed by atoms with E-state index in [1.807, 2.05) is 31.2 Å². The molecule has 5 heteroatoms. The maximum Gasteiger partial charge on any atom is 0.218 e. The minimum atomic E-state index is -3.30. The Bertz CT molecular complexity index is 521. The highest BCUT2D eigenvalue weighted by Gasteiger charge is 2.36. The second-order valence-corrected chi connectivity index (χ2v) is 7.01. The van der Waals surface area contributed by atoms with Gasteiger partial charge in [-0.15, -0.1) is 0 Å². The number of benzene rings is 1. The molecule has 0 aromatic heterocycles. The fourth-order valence-electron chi connectivity index (χ4n) is 2.15. The van der Waals surface area contributed by atoms with Crippen LogP contribution in [0.4, 0.5) is 0 Å². The predicted octanol–water partition coefficient (Wildman–Crippen LogP) is 1.28. The molecule has 18 heavy (non-hydrogen) atoms. The summed E-state index contributed by atoms with van der Waals surface area (Å²) >= 11 is 0. The lowest BCUT2D eigenvalue weighted by Crippen LogP contribution is -2.48. The summed E-state index contributed by atoms with van der Waals surface area (Å²) in [6.45, 7) is 1.91. The Morgan fingerprint density at radius 1 is 1.33 bits per heavy atom. The molecule has 1 aliphatic carbocycles. The van der Waals surface area contributed by atoms with Crippen LogP contribution in [-0.2, 0) is 15.8 Å². The third kappa shape index (κ3) is 2.74. The van der Waals surface area contributed by atoms with Crippen LogP contribution in [0.3, 0.4) is 0 Å². The smallest absolute Gasteiger partial charge is 0.218 e. The average molecular weight is 269 g/mol. The van der Waals surface area contributed by atoms with E-state index >= 15 is 0 Å². The molecule has 0 amide bonds. The summed E-state index contributed by atoms with van der Waals surface area (Å²) in [5.41, 5.74) is 1.83. The Morgan fingerprint density at radius 3 is 2.50 bits per heavy atom. The third-order valence-electron chi connectivity index (χ3n) is 3.64. The van der Waals surface area contributed by atoms with Gasteiger partial charge in [0.25, 0.3) is 0 Å². The zero-order valence-electron chi connectivity index (χ0n) is 10.7. The summed E-state index contributed by atoms with van der Waals surface area (Å²) in [7, 11) is -1.70. The summed E-state index contributed by atoms with van der Waals surface area (Å²) < 4.78 is 25.9. The first-order valence-electron chi connectivity index (χ1n) is 6.08. The van der Waals surface area contributed by atoms with Crippen molar-refractivity contribution in [3.8, 4) is 0 Å². The van der Waals surface area contributed by atoms with Gasteiger partial charge < -0.3 is 5.11 Å². The molecule has 1 aliphatic rings. The van der Waals surface area contributed by atoms with Crippen molar-refractivity contribution >= 4 is 10.0 Å². The number of hydrogen-bond acceptors (Lipinski definition) is 3. The summed E-state index contributed by atoms with van der Waals surface area (Å²) in [5.74, 6) is 0.0305. The molecule has 1 aromatic carbocycles. The number of hydrogen-bond donors (Lipinski definition) is 1. The molecule has 100 valence electrons. The number of rotatable bonds is 4. The molecule has 0 spiro atoms. The van der Waals surface area contributed by atoms with Crippen LogP contribution in [0, 0.1) is 6.92 Å². The fourth-order valence-corrected chi connectivity index (χ4v) is 3.70. The molecule has 0 atom stereocenters. The van der Waals surface area contributed by atoms with E-state index < -0.39 is 10.0 Å². The van der Waals surface area contributed by atoms with Gasteiger partial charge in [-0.3, -0.25) is 0 Å². The van der Waals surface area contributed by atoms with Crippen LogP contribution in [0.25, 0.3) is 0 Å². The molecular formula is C13H19NO3S. The van der Waals surface area contributed by atoms with Gasteiger partial charge in [0.15, 0.2) is 0 Å². The summed E-state index contributed by atoms with van der Waals surface area (Å²) in [6, 6.07) is 7.46. The van der Waals surface area contributed by atoms with Crippen molar-refractivity contribution in [3.63, 3.8) is 0 Å². The third-order valence-corrected chi connectivity index (χ3v) is 5.49. The second kappa shape index (κ2) is 4.99. The van der Waals surface area contributed by atoms with Gasteiger partial charge >= 0.3 is 0 Å². The molecule has 4 nitrogen and oxygen atoms in total. The summed E-state index contributed by atoms with van der Waals surface area (Å²) in [5, 5.41) is 9.25. The highest BCUT2D eigenvalue weighted by molar-refractivity contribution is 7.88. The first-order valence-corrected chi connectivity index (χ1v) is 7.69.